The Bertz CT molecular complexity index is 961. The fraction of sp³-hybridized carbons (Fsp3) is 0.364. The first-order valence-electron chi connectivity index (χ1n) is 10.1. The van der Waals surface area contributed by atoms with E-state index in [4.69, 9.17) is 0 Å². The van der Waals surface area contributed by atoms with E-state index in [1.165, 1.54) is 18.0 Å². The van der Waals surface area contributed by atoms with Gasteiger partial charge in [-0.15, -0.1) is 0 Å². The number of aryl methyl sites for hydroxylation is 2. The average molecular weight is 413 g/mol. The molecule has 1 aromatic carbocycles. The van der Waals surface area contributed by atoms with Crippen LogP contribution in [0.3, 0.4) is 0 Å². The van der Waals surface area contributed by atoms with Gasteiger partial charge in [0.25, 0.3) is 5.91 Å². The summed E-state index contributed by atoms with van der Waals surface area (Å²) in [6.45, 7) is 0.908. The SMILES string of the molecule is O=C(c1cccn1CCc1ccccc1)N1CCN(Cc2nccn2C(F)F)CC1. The average Bonchev–Trinajstić information content (AvgIpc) is 3.42. The van der Waals surface area contributed by atoms with Gasteiger partial charge in [-0.25, -0.2) is 4.98 Å². The molecule has 30 heavy (non-hydrogen) atoms. The van der Waals surface area contributed by atoms with E-state index in [0.717, 1.165) is 17.5 Å². The lowest BCUT2D eigenvalue weighted by Crippen LogP contribution is -2.48. The minimum absolute atomic E-state index is 0.0155. The fourth-order valence-corrected chi connectivity index (χ4v) is 3.81. The number of benzene rings is 1. The number of imidazole rings is 1. The molecule has 0 radical (unpaired) electrons. The number of aromatic nitrogens is 3. The van der Waals surface area contributed by atoms with Crippen molar-refractivity contribution in [3.05, 3.63) is 78.1 Å². The zero-order valence-corrected chi connectivity index (χ0v) is 16.7. The van der Waals surface area contributed by atoms with E-state index < -0.39 is 6.55 Å². The predicted octanol–water partition coefficient (Wildman–Crippen LogP) is 3.28. The Hall–Kier alpha value is -3.00. The Morgan fingerprint density at radius 1 is 1.00 bits per heavy atom. The van der Waals surface area contributed by atoms with Crippen LogP contribution in [-0.4, -0.2) is 56.0 Å². The number of alkyl halides is 2. The summed E-state index contributed by atoms with van der Waals surface area (Å²) in [5.41, 5.74) is 1.92. The molecule has 1 amide bonds. The van der Waals surface area contributed by atoms with Gasteiger partial charge >= 0.3 is 6.55 Å². The maximum atomic E-state index is 13.0. The van der Waals surface area contributed by atoms with Gasteiger partial charge in [0.2, 0.25) is 0 Å². The van der Waals surface area contributed by atoms with Crippen LogP contribution in [0.25, 0.3) is 0 Å². The molecule has 4 rings (SSSR count). The summed E-state index contributed by atoms with van der Waals surface area (Å²) in [6.07, 6.45) is 5.49. The molecule has 0 saturated carbocycles. The second-order valence-electron chi connectivity index (χ2n) is 7.42. The Labute approximate surface area is 174 Å². The third-order valence-electron chi connectivity index (χ3n) is 5.52. The highest BCUT2D eigenvalue weighted by atomic mass is 19.3. The van der Waals surface area contributed by atoms with Crippen molar-refractivity contribution in [2.45, 2.75) is 26.1 Å². The van der Waals surface area contributed by atoms with E-state index in [0.29, 0.717) is 44.2 Å². The summed E-state index contributed by atoms with van der Waals surface area (Å²) in [4.78, 5) is 21.0. The van der Waals surface area contributed by atoms with Crippen molar-refractivity contribution in [1.29, 1.82) is 0 Å². The zero-order chi connectivity index (χ0) is 20.9. The number of hydrogen-bond acceptors (Lipinski definition) is 3. The molecule has 1 saturated heterocycles. The third kappa shape index (κ3) is 4.59. The van der Waals surface area contributed by atoms with Crippen LogP contribution in [0.2, 0.25) is 0 Å². The zero-order valence-electron chi connectivity index (χ0n) is 16.7. The van der Waals surface area contributed by atoms with Gasteiger partial charge in [-0.05, 0) is 24.1 Å². The topological polar surface area (TPSA) is 46.3 Å². The number of piperazine rings is 1. The Morgan fingerprint density at radius 3 is 2.50 bits per heavy atom. The number of amides is 1. The maximum Gasteiger partial charge on any atom is 0.319 e. The molecule has 8 heteroatoms. The lowest BCUT2D eigenvalue weighted by Gasteiger charge is -2.34. The largest absolute Gasteiger partial charge is 0.343 e. The van der Waals surface area contributed by atoms with Crippen molar-refractivity contribution in [2.75, 3.05) is 26.2 Å². The van der Waals surface area contributed by atoms with Gasteiger partial charge in [0, 0.05) is 51.3 Å². The monoisotopic (exact) mass is 413 g/mol. The molecule has 158 valence electrons. The summed E-state index contributed by atoms with van der Waals surface area (Å²) in [5.74, 6) is 0.362. The molecule has 0 N–H and O–H groups in total. The lowest BCUT2D eigenvalue weighted by molar-refractivity contribution is 0.0550. The number of carbonyl (C=O) groups excluding carboxylic acids is 1. The number of rotatable bonds is 7. The summed E-state index contributed by atoms with van der Waals surface area (Å²) < 4.78 is 28.9. The second-order valence-corrected chi connectivity index (χ2v) is 7.42. The predicted molar refractivity (Wildman–Crippen MR) is 109 cm³/mol. The molecule has 0 spiro atoms. The molecule has 3 heterocycles. The Balaban J connectivity index is 1.32. The van der Waals surface area contributed by atoms with Crippen molar-refractivity contribution in [1.82, 2.24) is 23.9 Å². The quantitative estimate of drug-likeness (QED) is 0.597. The summed E-state index contributed by atoms with van der Waals surface area (Å²) in [5, 5.41) is 0. The van der Waals surface area contributed by atoms with Gasteiger partial charge < -0.3 is 9.47 Å². The van der Waals surface area contributed by atoms with Crippen LogP contribution < -0.4 is 0 Å². The lowest BCUT2D eigenvalue weighted by atomic mass is 10.1. The first-order valence-corrected chi connectivity index (χ1v) is 10.1. The molecule has 0 bridgehead atoms. The Kier molecular flexibility index (Phi) is 6.23. The standard InChI is InChI=1S/C22H25F2N5O/c23-22(24)29-12-9-25-20(29)17-26-13-15-28(16-14-26)21(30)19-7-4-10-27(19)11-8-18-5-2-1-3-6-18/h1-7,9-10,12,22H,8,11,13-17H2. The van der Waals surface area contributed by atoms with E-state index in [9.17, 15) is 13.6 Å². The van der Waals surface area contributed by atoms with Crippen LogP contribution in [0.1, 0.15) is 28.4 Å². The summed E-state index contributed by atoms with van der Waals surface area (Å²) >= 11 is 0. The highest BCUT2D eigenvalue weighted by Gasteiger charge is 2.25. The summed E-state index contributed by atoms with van der Waals surface area (Å²) in [6, 6.07) is 14.0. The van der Waals surface area contributed by atoms with Crippen LogP contribution >= 0.6 is 0 Å². The van der Waals surface area contributed by atoms with Crippen molar-refractivity contribution < 1.29 is 13.6 Å². The number of hydrogen-bond donors (Lipinski definition) is 0. The van der Waals surface area contributed by atoms with Crippen molar-refractivity contribution >= 4 is 5.91 Å². The highest BCUT2D eigenvalue weighted by molar-refractivity contribution is 5.92. The summed E-state index contributed by atoms with van der Waals surface area (Å²) in [7, 11) is 0. The minimum atomic E-state index is -2.59. The van der Waals surface area contributed by atoms with Crippen LogP contribution in [-0.2, 0) is 19.5 Å². The van der Waals surface area contributed by atoms with Gasteiger partial charge in [0.1, 0.15) is 11.5 Å². The molecule has 3 aromatic rings. The van der Waals surface area contributed by atoms with E-state index >= 15 is 0 Å². The second kappa shape index (κ2) is 9.21. The van der Waals surface area contributed by atoms with E-state index in [1.54, 1.807) is 0 Å². The van der Waals surface area contributed by atoms with Crippen LogP contribution in [0.4, 0.5) is 8.78 Å². The molecule has 0 unspecified atom stereocenters. The van der Waals surface area contributed by atoms with Crippen LogP contribution in [0.15, 0.2) is 61.1 Å². The van der Waals surface area contributed by atoms with Gasteiger partial charge in [0.15, 0.2) is 0 Å². The number of nitrogens with zero attached hydrogens (tertiary/aromatic N) is 5. The maximum absolute atomic E-state index is 13.0. The Morgan fingerprint density at radius 2 is 1.77 bits per heavy atom. The van der Waals surface area contributed by atoms with E-state index in [2.05, 4.69) is 22.0 Å². The number of halogens is 2. The molecular formula is C22H25F2N5O. The normalized spacial score (nSPS) is 15.1. The first kappa shape index (κ1) is 20.3. The first-order chi connectivity index (χ1) is 14.6. The molecule has 1 aliphatic heterocycles. The van der Waals surface area contributed by atoms with Gasteiger partial charge in [-0.1, -0.05) is 30.3 Å². The van der Waals surface area contributed by atoms with E-state index in [1.807, 2.05) is 46.0 Å². The fourth-order valence-electron chi connectivity index (χ4n) is 3.81. The van der Waals surface area contributed by atoms with Gasteiger partial charge in [0.05, 0.1) is 6.54 Å². The van der Waals surface area contributed by atoms with Crippen molar-refractivity contribution in [3.8, 4) is 0 Å². The van der Waals surface area contributed by atoms with Crippen molar-refractivity contribution in [3.63, 3.8) is 0 Å². The molecule has 1 fully saturated rings. The number of carbonyl (C=O) groups is 1. The van der Waals surface area contributed by atoms with Gasteiger partial charge in [-0.2, -0.15) is 8.78 Å². The van der Waals surface area contributed by atoms with Gasteiger partial charge in [-0.3, -0.25) is 14.3 Å². The molecule has 1 aliphatic rings. The van der Waals surface area contributed by atoms with Crippen molar-refractivity contribution in [2.24, 2.45) is 0 Å². The van der Waals surface area contributed by atoms with Crippen LogP contribution in [0, 0.1) is 0 Å². The van der Waals surface area contributed by atoms with Crippen LogP contribution in [0.5, 0.6) is 0 Å². The molecule has 0 atom stereocenters. The van der Waals surface area contributed by atoms with E-state index in [-0.39, 0.29) is 5.91 Å². The third-order valence-corrected chi connectivity index (χ3v) is 5.52. The smallest absolute Gasteiger partial charge is 0.319 e. The molecule has 0 aliphatic carbocycles. The highest BCUT2D eigenvalue weighted by Crippen LogP contribution is 2.16. The molecular weight excluding hydrogens is 388 g/mol. The molecule has 6 nitrogen and oxygen atoms in total. The minimum Gasteiger partial charge on any atom is -0.343 e. The molecule has 2 aromatic heterocycles.